The van der Waals surface area contributed by atoms with E-state index in [0.717, 1.165) is 11.3 Å². The van der Waals surface area contributed by atoms with E-state index in [-0.39, 0.29) is 5.75 Å². The first kappa shape index (κ1) is 12.0. The SMILES string of the molecule is CCN(c1ccc(C)cc1)S(=O)(=O)CC. The molecule has 0 saturated heterocycles. The summed E-state index contributed by atoms with van der Waals surface area (Å²) in [6.07, 6.45) is 0. The topological polar surface area (TPSA) is 37.4 Å². The highest BCUT2D eigenvalue weighted by Crippen LogP contribution is 2.18. The molecule has 0 aliphatic rings. The lowest BCUT2D eigenvalue weighted by Crippen LogP contribution is -2.31. The zero-order valence-corrected chi connectivity index (χ0v) is 10.2. The highest BCUT2D eigenvalue weighted by atomic mass is 32.2. The van der Waals surface area contributed by atoms with Crippen LogP contribution in [0.3, 0.4) is 0 Å². The summed E-state index contributed by atoms with van der Waals surface area (Å²) in [5.41, 5.74) is 1.87. The smallest absolute Gasteiger partial charge is 0.234 e. The summed E-state index contributed by atoms with van der Waals surface area (Å²) < 4.78 is 24.9. The van der Waals surface area contributed by atoms with Gasteiger partial charge in [0.1, 0.15) is 0 Å². The number of benzene rings is 1. The third kappa shape index (κ3) is 2.72. The van der Waals surface area contributed by atoms with Crippen LogP contribution < -0.4 is 4.31 Å². The maximum Gasteiger partial charge on any atom is 0.234 e. The van der Waals surface area contributed by atoms with Crippen LogP contribution in [-0.4, -0.2) is 20.7 Å². The summed E-state index contributed by atoms with van der Waals surface area (Å²) in [5, 5.41) is 0. The summed E-state index contributed by atoms with van der Waals surface area (Å²) in [4.78, 5) is 0. The highest BCUT2D eigenvalue weighted by molar-refractivity contribution is 7.92. The summed E-state index contributed by atoms with van der Waals surface area (Å²) in [7, 11) is -3.14. The van der Waals surface area contributed by atoms with Gasteiger partial charge in [0.25, 0.3) is 0 Å². The van der Waals surface area contributed by atoms with E-state index in [9.17, 15) is 8.42 Å². The Hall–Kier alpha value is -1.03. The molecule has 0 fully saturated rings. The molecule has 0 atom stereocenters. The molecule has 0 aliphatic carbocycles. The third-order valence-corrected chi connectivity index (χ3v) is 4.18. The molecule has 0 radical (unpaired) electrons. The summed E-state index contributed by atoms with van der Waals surface area (Å²) >= 11 is 0. The molecule has 1 aromatic rings. The lowest BCUT2D eigenvalue weighted by atomic mass is 10.2. The van der Waals surface area contributed by atoms with E-state index in [1.54, 1.807) is 6.92 Å². The number of aryl methyl sites for hydroxylation is 1. The Morgan fingerprint density at radius 1 is 1.13 bits per heavy atom. The Morgan fingerprint density at radius 3 is 2.07 bits per heavy atom. The van der Waals surface area contributed by atoms with Crippen molar-refractivity contribution in [3.63, 3.8) is 0 Å². The van der Waals surface area contributed by atoms with Gasteiger partial charge in [0.05, 0.1) is 11.4 Å². The van der Waals surface area contributed by atoms with E-state index in [4.69, 9.17) is 0 Å². The van der Waals surface area contributed by atoms with E-state index in [0.29, 0.717) is 6.54 Å². The van der Waals surface area contributed by atoms with Crippen LogP contribution in [0.2, 0.25) is 0 Å². The molecule has 0 saturated carbocycles. The number of hydrogen-bond donors (Lipinski definition) is 0. The predicted molar refractivity (Wildman–Crippen MR) is 63.7 cm³/mol. The number of rotatable bonds is 4. The van der Waals surface area contributed by atoms with Gasteiger partial charge in [0.15, 0.2) is 0 Å². The normalized spacial score (nSPS) is 11.4. The number of nitrogens with zero attached hydrogens (tertiary/aromatic N) is 1. The number of hydrogen-bond acceptors (Lipinski definition) is 2. The van der Waals surface area contributed by atoms with E-state index < -0.39 is 10.0 Å². The van der Waals surface area contributed by atoms with Crippen molar-refractivity contribution in [3.8, 4) is 0 Å². The van der Waals surface area contributed by atoms with E-state index in [2.05, 4.69) is 0 Å². The second-order valence-electron chi connectivity index (χ2n) is 3.40. The van der Waals surface area contributed by atoms with Gasteiger partial charge in [-0.05, 0) is 32.9 Å². The van der Waals surface area contributed by atoms with Crippen molar-refractivity contribution in [1.82, 2.24) is 0 Å². The Labute approximate surface area is 91.8 Å². The Bertz CT molecular complexity index is 409. The first-order valence-electron chi connectivity index (χ1n) is 5.08. The minimum Gasteiger partial charge on any atom is -0.271 e. The van der Waals surface area contributed by atoms with Crippen LogP contribution in [0.1, 0.15) is 19.4 Å². The van der Waals surface area contributed by atoms with Gasteiger partial charge in [0, 0.05) is 6.54 Å². The van der Waals surface area contributed by atoms with Gasteiger partial charge < -0.3 is 0 Å². The van der Waals surface area contributed by atoms with Crippen molar-refractivity contribution in [2.45, 2.75) is 20.8 Å². The van der Waals surface area contributed by atoms with Gasteiger partial charge in [-0.1, -0.05) is 17.7 Å². The fourth-order valence-corrected chi connectivity index (χ4v) is 2.55. The van der Waals surface area contributed by atoms with Crippen molar-refractivity contribution < 1.29 is 8.42 Å². The van der Waals surface area contributed by atoms with Gasteiger partial charge in [-0.3, -0.25) is 4.31 Å². The molecule has 84 valence electrons. The fourth-order valence-electron chi connectivity index (χ4n) is 1.41. The van der Waals surface area contributed by atoms with Gasteiger partial charge in [-0.25, -0.2) is 8.42 Å². The van der Waals surface area contributed by atoms with Crippen LogP contribution in [0.15, 0.2) is 24.3 Å². The zero-order valence-electron chi connectivity index (χ0n) is 9.40. The van der Waals surface area contributed by atoms with Crippen molar-refractivity contribution in [1.29, 1.82) is 0 Å². The average molecular weight is 227 g/mol. The van der Waals surface area contributed by atoms with Gasteiger partial charge >= 0.3 is 0 Å². The molecule has 1 aromatic carbocycles. The summed E-state index contributed by atoms with van der Waals surface area (Å²) in [5.74, 6) is 0.134. The zero-order chi connectivity index (χ0) is 11.5. The third-order valence-electron chi connectivity index (χ3n) is 2.31. The molecule has 0 bridgehead atoms. The quantitative estimate of drug-likeness (QED) is 0.790. The monoisotopic (exact) mass is 227 g/mol. The number of anilines is 1. The van der Waals surface area contributed by atoms with Crippen LogP contribution >= 0.6 is 0 Å². The molecule has 0 spiro atoms. The van der Waals surface area contributed by atoms with Crippen molar-refractivity contribution in [2.75, 3.05) is 16.6 Å². The molecule has 4 heteroatoms. The Balaban J connectivity index is 3.09. The molecular weight excluding hydrogens is 210 g/mol. The van der Waals surface area contributed by atoms with E-state index >= 15 is 0 Å². The molecule has 15 heavy (non-hydrogen) atoms. The minimum absolute atomic E-state index is 0.134. The fraction of sp³-hybridized carbons (Fsp3) is 0.455. The lowest BCUT2D eigenvalue weighted by molar-refractivity contribution is 0.593. The highest BCUT2D eigenvalue weighted by Gasteiger charge is 2.17. The first-order chi connectivity index (χ1) is 7.01. The molecule has 1 rings (SSSR count). The summed E-state index contributed by atoms with van der Waals surface area (Å²) in [6, 6.07) is 7.52. The maximum absolute atomic E-state index is 11.7. The maximum atomic E-state index is 11.7. The van der Waals surface area contributed by atoms with Crippen LogP contribution in [0.25, 0.3) is 0 Å². The Kier molecular flexibility index (Phi) is 3.74. The van der Waals surface area contributed by atoms with Crippen molar-refractivity contribution in [3.05, 3.63) is 29.8 Å². The largest absolute Gasteiger partial charge is 0.271 e. The molecule has 0 aromatic heterocycles. The molecule has 0 N–H and O–H groups in total. The minimum atomic E-state index is -3.14. The van der Waals surface area contributed by atoms with Gasteiger partial charge in [-0.2, -0.15) is 0 Å². The van der Waals surface area contributed by atoms with Crippen LogP contribution in [0, 0.1) is 6.92 Å². The molecule has 0 aliphatic heterocycles. The van der Waals surface area contributed by atoms with Gasteiger partial charge in [0.2, 0.25) is 10.0 Å². The van der Waals surface area contributed by atoms with Crippen molar-refractivity contribution in [2.24, 2.45) is 0 Å². The predicted octanol–water partition coefficient (Wildman–Crippen LogP) is 2.17. The molecular formula is C11H17NO2S. The molecule has 3 nitrogen and oxygen atoms in total. The second kappa shape index (κ2) is 4.66. The standard InChI is InChI=1S/C11H17NO2S/c1-4-12(15(13,14)5-2)11-8-6-10(3)7-9-11/h6-9H,4-5H2,1-3H3. The van der Waals surface area contributed by atoms with E-state index in [1.165, 1.54) is 4.31 Å². The average Bonchev–Trinajstić information content (AvgIpc) is 2.22. The Morgan fingerprint density at radius 2 is 1.67 bits per heavy atom. The van der Waals surface area contributed by atoms with Crippen molar-refractivity contribution >= 4 is 15.7 Å². The van der Waals surface area contributed by atoms with E-state index in [1.807, 2.05) is 38.1 Å². The van der Waals surface area contributed by atoms with Crippen LogP contribution in [0.5, 0.6) is 0 Å². The summed E-state index contributed by atoms with van der Waals surface area (Å²) in [6.45, 7) is 5.95. The van der Waals surface area contributed by atoms with Crippen LogP contribution in [0.4, 0.5) is 5.69 Å². The first-order valence-corrected chi connectivity index (χ1v) is 6.69. The van der Waals surface area contributed by atoms with Crippen LogP contribution in [-0.2, 0) is 10.0 Å². The molecule has 0 unspecified atom stereocenters. The number of sulfonamides is 1. The molecule has 0 amide bonds. The lowest BCUT2D eigenvalue weighted by Gasteiger charge is -2.22. The second-order valence-corrected chi connectivity index (χ2v) is 5.58. The molecule has 0 heterocycles. The van der Waals surface area contributed by atoms with Gasteiger partial charge in [-0.15, -0.1) is 0 Å².